The summed E-state index contributed by atoms with van der Waals surface area (Å²) < 4.78 is 63.5. The smallest absolute Gasteiger partial charge is 0.386 e. The lowest BCUT2D eigenvalue weighted by Crippen LogP contribution is -2.38. The highest BCUT2D eigenvalue weighted by Gasteiger charge is 2.53. The third-order valence-electron chi connectivity index (χ3n) is 7.32. The number of nitrogen functional groups attached to an aromatic ring is 2. The van der Waals surface area contributed by atoms with Crippen molar-refractivity contribution in [2.75, 3.05) is 24.7 Å². The van der Waals surface area contributed by atoms with E-state index in [1.807, 2.05) is 0 Å². The average Bonchev–Trinajstić information content (AvgIpc) is 3.72. The number of hydrogen-bond acceptors (Lipinski definition) is 18. The van der Waals surface area contributed by atoms with Gasteiger partial charge in [-0.1, -0.05) is 24.5 Å². The molecule has 3 fully saturated rings. The van der Waals surface area contributed by atoms with E-state index in [1.54, 1.807) is 0 Å². The summed E-state index contributed by atoms with van der Waals surface area (Å²) in [7, 11) is 0. The van der Waals surface area contributed by atoms with Crippen molar-refractivity contribution in [3.8, 4) is 0 Å². The van der Waals surface area contributed by atoms with E-state index >= 15 is 0 Å². The molecule has 4 aromatic heterocycles. The molecule has 4 aromatic rings. The Morgan fingerprint density at radius 3 is 1.96 bits per heavy atom. The first-order valence-corrected chi connectivity index (χ1v) is 18.3. The molecule has 0 aromatic carbocycles. The highest BCUT2D eigenvalue weighted by Crippen LogP contribution is 2.60. The van der Waals surface area contributed by atoms with Gasteiger partial charge < -0.3 is 31.2 Å². The summed E-state index contributed by atoms with van der Waals surface area (Å²) in [6, 6.07) is 0. The van der Waals surface area contributed by atoms with Crippen LogP contribution in [0.5, 0.6) is 0 Å². The molecule has 3 saturated heterocycles. The van der Waals surface area contributed by atoms with Gasteiger partial charge in [-0.3, -0.25) is 37.0 Å². The number of aliphatic hydroxyl groups excluding tert-OH is 2. The molecule has 7 heterocycles. The molecule has 3 aliphatic rings. The maximum Gasteiger partial charge on any atom is 0.386 e. The number of imidazole rings is 2. The van der Waals surface area contributed by atoms with Crippen LogP contribution < -0.4 is 17.0 Å². The van der Waals surface area contributed by atoms with Gasteiger partial charge in [0, 0.05) is 0 Å². The number of hydrogen-bond donors (Lipinski definition) is 7. The van der Waals surface area contributed by atoms with Crippen molar-refractivity contribution < 1.29 is 46.9 Å². The van der Waals surface area contributed by atoms with Crippen molar-refractivity contribution in [3.63, 3.8) is 0 Å². The van der Waals surface area contributed by atoms with Gasteiger partial charge >= 0.3 is 13.6 Å². The van der Waals surface area contributed by atoms with Crippen LogP contribution in [0.4, 0.5) is 11.8 Å². The quantitative estimate of drug-likeness (QED) is 0.102. The monoisotopic (exact) mass is 706 g/mol. The van der Waals surface area contributed by atoms with Crippen molar-refractivity contribution in [2.45, 2.75) is 49.1 Å². The number of nitrogens with one attached hydrogen (secondary N) is 1. The summed E-state index contributed by atoms with van der Waals surface area (Å²) in [5.41, 5.74) is 11.2. The minimum atomic E-state index is -4.32. The van der Waals surface area contributed by atoms with E-state index in [2.05, 4.69) is 54.4 Å². The summed E-state index contributed by atoms with van der Waals surface area (Å²) in [5.74, 6) is -0.128. The molecule has 21 nitrogen and oxygen atoms in total. The lowest BCUT2D eigenvalue weighted by molar-refractivity contribution is -0.0561. The number of nitrogens with zero attached hydrogens (tertiary/aromatic N) is 7. The van der Waals surface area contributed by atoms with Crippen LogP contribution in [0.2, 0.25) is 0 Å². The molecule has 0 spiro atoms. The number of ether oxygens (including phenoxy) is 2. The van der Waals surface area contributed by atoms with E-state index in [1.165, 1.54) is 28.1 Å². The van der Waals surface area contributed by atoms with Gasteiger partial charge in [0.15, 0.2) is 35.1 Å². The first kappa shape index (κ1) is 31.0. The second kappa shape index (κ2) is 11.2. The van der Waals surface area contributed by atoms with Crippen molar-refractivity contribution in [3.05, 3.63) is 29.3 Å². The average molecular weight is 707 g/mol. The van der Waals surface area contributed by atoms with Gasteiger partial charge in [0.25, 0.3) is 5.56 Å². The maximum atomic E-state index is 13.4. The molecule has 7 rings (SSSR count). The maximum absolute atomic E-state index is 13.4. The zero-order valence-corrected chi connectivity index (χ0v) is 26.0. The van der Waals surface area contributed by atoms with Gasteiger partial charge in [0.1, 0.15) is 48.5 Å². The molecule has 0 unspecified atom stereocenters. The molecule has 0 amide bonds. The predicted molar refractivity (Wildman–Crippen MR) is 157 cm³/mol. The van der Waals surface area contributed by atoms with Crippen LogP contribution in [0.1, 0.15) is 12.5 Å². The minimum Gasteiger partial charge on any atom is -0.386 e. The predicted octanol–water partition coefficient (Wildman–Crippen LogP) is -0.467. The second-order valence-electron chi connectivity index (χ2n) is 10.1. The van der Waals surface area contributed by atoms with E-state index in [-0.39, 0.29) is 34.1 Å². The number of nitrogens with two attached hydrogens (primary N) is 2. The Morgan fingerprint density at radius 1 is 0.844 bits per heavy atom. The van der Waals surface area contributed by atoms with Crippen LogP contribution in [0.3, 0.4) is 0 Å². The Bertz CT molecular complexity index is 1940. The summed E-state index contributed by atoms with van der Waals surface area (Å²) >= 11 is 8.12. The van der Waals surface area contributed by atoms with Gasteiger partial charge in [-0.05, 0) is 0 Å². The molecule has 0 saturated carbocycles. The van der Waals surface area contributed by atoms with Crippen LogP contribution in [0, 0.1) is 0 Å². The number of rotatable bonds is 2. The molecule has 0 radical (unpaired) electrons. The molecular formula is C20H24N10O11P2S2. The van der Waals surface area contributed by atoms with Gasteiger partial charge in [-0.15, -0.1) is 0 Å². The van der Waals surface area contributed by atoms with E-state index in [4.69, 9.17) is 39.0 Å². The zero-order valence-electron chi connectivity index (χ0n) is 22.4. The normalized spacial score (nSPS) is 37.7. The Labute approximate surface area is 260 Å². The van der Waals surface area contributed by atoms with Crippen LogP contribution in [-0.2, 0) is 36.7 Å². The third kappa shape index (κ3) is 5.55. The van der Waals surface area contributed by atoms with Crippen LogP contribution >= 0.6 is 38.1 Å². The van der Waals surface area contributed by atoms with Crippen LogP contribution in [0.15, 0.2) is 23.8 Å². The topological polar surface area (TPSA) is 289 Å². The Balaban J connectivity index is 1.17. The van der Waals surface area contributed by atoms with E-state index in [9.17, 15) is 24.1 Å². The number of anilines is 2. The fourth-order valence-electron chi connectivity index (χ4n) is 5.32. The van der Waals surface area contributed by atoms with Crippen molar-refractivity contribution in [1.82, 2.24) is 39.0 Å². The van der Waals surface area contributed by atoms with E-state index in [0.29, 0.717) is 0 Å². The number of aliphatic hydroxyl groups is 2. The Hall–Kier alpha value is -2.66. The minimum absolute atomic E-state index is 0.0274. The number of thiol groups is 2. The van der Waals surface area contributed by atoms with Gasteiger partial charge in [0.2, 0.25) is 5.95 Å². The highest BCUT2D eigenvalue weighted by atomic mass is 32.7. The molecule has 0 aliphatic carbocycles. The third-order valence-corrected chi connectivity index (χ3v) is 10.5. The van der Waals surface area contributed by atoms with E-state index < -0.39 is 81.4 Å². The van der Waals surface area contributed by atoms with Gasteiger partial charge in [0.05, 0.1) is 25.9 Å². The molecule has 0 bridgehead atoms. The molecule has 242 valence electrons. The highest BCUT2D eigenvalue weighted by molar-refractivity contribution is 8.44. The fourth-order valence-corrected chi connectivity index (χ4v) is 8.30. The second-order valence-corrected chi connectivity index (χ2v) is 15.9. The van der Waals surface area contributed by atoms with Gasteiger partial charge in [-0.2, -0.15) is 4.98 Å². The molecule has 45 heavy (non-hydrogen) atoms. The molecule has 25 heteroatoms. The first-order valence-electron chi connectivity index (χ1n) is 13.0. The van der Waals surface area contributed by atoms with Crippen molar-refractivity contribution in [1.29, 1.82) is 0 Å². The number of fused-ring (bicyclic) bond motifs is 4. The first-order chi connectivity index (χ1) is 21.3. The lowest BCUT2D eigenvalue weighted by atomic mass is 10.1. The zero-order chi connectivity index (χ0) is 31.8. The number of aromatic nitrogens is 8. The summed E-state index contributed by atoms with van der Waals surface area (Å²) in [4.78, 5) is 34.8. The van der Waals surface area contributed by atoms with Gasteiger partial charge in [-0.25, -0.2) is 29.1 Å². The fraction of sp³-hybridized carbons (Fsp3) is 0.500. The Morgan fingerprint density at radius 2 is 1.38 bits per heavy atom. The van der Waals surface area contributed by atoms with Crippen molar-refractivity contribution in [2.24, 2.45) is 0 Å². The summed E-state index contributed by atoms with van der Waals surface area (Å²) in [5, 5.41) is 22.5. The Kier molecular flexibility index (Phi) is 7.74. The standard InChI is InChI=1S/C20H24N10O11P2S2/c21-14-8-15(24-3-23-14)29(4-25-8)18-10(31)12-6(38-18)1-36-43(35,45)41-13-7(2-37-42(34,44)40-12)39-19(11(13)32)30-5-26-9-16(30)27-20(22)28-17(9)33/h3-7,10-13,18-19,31-32H,1-2H2,(H,34,44)(H,35,45)(H2,21,23,24)(H3,22,27,28,33)/t6-,7-,10-,11-,12-,13-,18-,19-,42-,43-/m1/s1. The molecule has 10 atom stereocenters. The molecular weight excluding hydrogens is 682 g/mol. The number of aromatic amines is 1. The summed E-state index contributed by atoms with van der Waals surface area (Å²) in [6.45, 7) is -9.78. The largest absolute Gasteiger partial charge is 0.386 e. The van der Waals surface area contributed by atoms with Crippen molar-refractivity contribution >= 4 is 72.2 Å². The molecule has 3 aliphatic heterocycles. The lowest BCUT2D eigenvalue weighted by Gasteiger charge is -2.28. The SMILES string of the molecule is Nc1nc2c(ncn2[C@@H]2O[C@@H]3CO[P@@](=O)(S)O[C@H]4[C@@H](O)[C@H](n5cnc6c(N)ncnc65)O[C@@H]4CO[P@@](=O)(S)O[C@H]3[C@H]2O)c(=O)[nH]1. The van der Waals surface area contributed by atoms with E-state index in [0.717, 1.165) is 0 Å². The number of H-pyrrole nitrogens is 1. The molecule has 7 N–H and O–H groups in total. The summed E-state index contributed by atoms with van der Waals surface area (Å²) in [6.07, 6.45) is -7.35. The van der Waals surface area contributed by atoms with Crippen LogP contribution in [-0.4, -0.2) is 99.1 Å². The van der Waals surface area contributed by atoms with Crippen LogP contribution in [0.25, 0.3) is 22.3 Å².